The largest absolute Gasteiger partial charge is 0.466 e. The number of hydrogen-bond acceptors (Lipinski definition) is 4. The van der Waals surface area contributed by atoms with E-state index in [1.54, 1.807) is 6.92 Å². The topological polar surface area (TPSA) is 52.6 Å². The van der Waals surface area contributed by atoms with Crippen molar-refractivity contribution >= 4 is 11.9 Å². The number of carbonyl (C=O) groups is 2. The lowest BCUT2D eigenvalue weighted by molar-refractivity contribution is -0.147. The molecule has 0 heterocycles. The normalized spacial score (nSPS) is 11.9. The van der Waals surface area contributed by atoms with Crippen LogP contribution in [0.5, 0.6) is 0 Å². The molecule has 100 valence electrons. The molecule has 0 aliphatic rings. The molecule has 0 aromatic carbocycles. The standard InChI is InChI=1S/C13H24O4/c1-4-16-12(14)10-8-6-7-9-11(3)13(15)17-5-2/h11H,4-10H2,1-3H3. The zero-order chi connectivity index (χ0) is 13.1. The Kier molecular flexibility index (Phi) is 9.49. The summed E-state index contributed by atoms with van der Waals surface area (Å²) in [4.78, 5) is 22.3. The van der Waals surface area contributed by atoms with Crippen molar-refractivity contribution in [2.75, 3.05) is 13.2 Å². The van der Waals surface area contributed by atoms with E-state index in [1.807, 2.05) is 13.8 Å². The van der Waals surface area contributed by atoms with Crippen LogP contribution >= 0.6 is 0 Å². The van der Waals surface area contributed by atoms with Gasteiger partial charge in [-0.25, -0.2) is 0 Å². The number of unbranched alkanes of at least 4 members (excludes halogenated alkanes) is 2. The fraction of sp³-hybridized carbons (Fsp3) is 0.846. The zero-order valence-corrected chi connectivity index (χ0v) is 11.2. The summed E-state index contributed by atoms with van der Waals surface area (Å²) in [6.45, 7) is 6.37. The van der Waals surface area contributed by atoms with Crippen LogP contribution in [0.25, 0.3) is 0 Å². The van der Waals surface area contributed by atoms with Crippen molar-refractivity contribution in [1.82, 2.24) is 0 Å². The van der Waals surface area contributed by atoms with Crippen molar-refractivity contribution in [2.24, 2.45) is 5.92 Å². The lowest BCUT2D eigenvalue weighted by Crippen LogP contribution is -2.14. The van der Waals surface area contributed by atoms with Gasteiger partial charge in [-0.3, -0.25) is 9.59 Å². The summed E-state index contributed by atoms with van der Waals surface area (Å²) in [5.41, 5.74) is 0. The van der Waals surface area contributed by atoms with Gasteiger partial charge >= 0.3 is 11.9 Å². The molecule has 4 heteroatoms. The molecular formula is C13H24O4. The highest BCUT2D eigenvalue weighted by molar-refractivity contribution is 5.71. The predicted octanol–water partition coefficient (Wildman–Crippen LogP) is 2.70. The van der Waals surface area contributed by atoms with Crippen LogP contribution in [-0.4, -0.2) is 25.2 Å². The third kappa shape index (κ3) is 8.72. The molecule has 0 amide bonds. The zero-order valence-electron chi connectivity index (χ0n) is 11.2. The van der Waals surface area contributed by atoms with Crippen LogP contribution in [0.4, 0.5) is 0 Å². The summed E-state index contributed by atoms with van der Waals surface area (Å²) in [6, 6.07) is 0. The Morgan fingerprint density at radius 1 is 1.00 bits per heavy atom. The molecule has 0 radical (unpaired) electrons. The smallest absolute Gasteiger partial charge is 0.308 e. The summed E-state index contributed by atoms with van der Waals surface area (Å²) < 4.78 is 9.74. The van der Waals surface area contributed by atoms with E-state index in [2.05, 4.69) is 0 Å². The lowest BCUT2D eigenvalue weighted by Gasteiger charge is -2.09. The second kappa shape index (κ2) is 10.1. The third-order valence-electron chi connectivity index (χ3n) is 2.51. The highest BCUT2D eigenvalue weighted by atomic mass is 16.5. The van der Waals surface area contributed by atoms with Crippen LogP contribution in [0, 0.1) is 5.92 Å². The molecule has 0 saturated heterocycles. The molecule has 0 spiro atoms. The molecular weight excluding hydrogens is 220 g/mol. The molecule has 0 N–H and O–H groups in total. The first-order chi connectivity index (χ1) is 8.11. The van der Waals surface area contributed by atoms with Gasteiger partial charge in [0.25, 0.3) is 0 Å². The van der Waals surface area contributed by atoms with Crippen LogP contribution in [-0.2, 0) is 19.1 Å². The maximum atomic E-state index is 11.3. The van der Waals surface area contributed by atoms with Gasteiger partial charge in [0.05, 0.1) is 19.1 Å². The molecule has 0 aromatic heterocycles. The van der Waals surface area contributed by atoms with E-state index in [9.17, 15) is 9.59 Å². The summed E-state index contributed by atoms with van der Waals surface area (Å²) in [5, 5.41) is 0. The van der Waals surface area contributed by atoms with E-state index in [0.29, 0.717) is 19.6 Å². The second-order valence-electron chi connectivity index (χ2n) is 4.06. The Balaban J connectivity index is 3.45. The summed E-state index contributed by atoms with van der Waals surface area (Å²) in [5.74, 6) is -0.304. The number of carbonyl (C=O) groups excluding carboxylic acids is 2. The second-order valence-corrected chi connectivity index (χ2v) is 4.06. The molecule has 0 saturated carbocycles. The van der Waals surface area contributed by atoms with Gasteiger partial charge in [0.1, 0.15) is 0 Å². The van der Waals surface area contributed by atoms with Gasteiger partial charge in [0.15, 0.2) is 0 Å². The monoisotopic (exact) mass is 244 g/mol. The first-order valence-corrected chi connectivity index (χ1v) is 6.44. The molecule has 0 aliphatic heterocycles. The number of rotatable bonds is 9. The lowest BCUT2D eigenvalue weighted by atomic mass is 10.0. The van der Waals surface area contributed by atoms with Gasteiger partial charge in [-0.1, -0.05) is 19.8 Å². The Hall–Kier alpha value is -1.06. The minimum atomic E-state index is -0.133. The molecule has 4 nitrogen and oxygen atoms in total. The van der Waals surface area contributed by atoms with Gasteiger partial charge in [0.2, 0.25) is 0 Å². The van der Waals surface area contributed by atoms with Gasteiger partial charge < -0.3 is 9.47 Å². The van der Waals surface area contributed by atoms with E-state index >= 15 is 0 Å². The van der Waals surface area contributed by atoms with E-state index < -0.39 is 0 Å². The van der Waals surface area contributed by atoms with E-state index in [4.69, 9.17) is 9.47 Å². The van der Waals surface area contributed by atoms with Crippen molar-refractivity contribution in [1.29, 1.82) is 0 Å². The average Bonchev–Trinajstić information content (AvgIpc) is 2.29. The molecule has 1 atom stereocenters. The molecule has 0 rings (SSSR count). The van der Waals surface area contributed by atoms with Crippen LogP contribution in [0.2, 0.25) is 0 Å². The van der Waals surface area contributed by atoms with Crippen LogP contribution in [0.15, 0.2) is 0 Å². The van der Waals surface area contributed by atoms with Crippen molar-refractivity contribution < 1.29 is 19.1 Å². The van der Waals surface area contributed by atoms with Gasteiger partial charge in [-0.15, -0.1) is 0 Å². The van der Waals surface area contributed by atoms with Crippen molar-refractivity contribution in [2.45, 2.75) is 52.9 Å². The van der Waals surface area contributed by atoms with E-state index in [0.717, 1.165) is 25.7 Å². The van der Waals surface area contributed by atoms with E-state index in [-0.39, 0.29) is 17.9 Å². The SMILES string of the molecule is CCOC(=O)CCCCCC(C)C(=O)OCC. The molecule has 17 heavy (non-hydrogen) atoms. The van der Waals surface area contributed by atoms with Crippen molar-refractivity contribution in [3.05, 3.63) is 0 Å². The third-order valence-corrected chi connectivity index (χ3v) is 2.51. The molecule has 0 bridgehead atoms. The number of hydrogen-bond donors (Lipinski definition) is 0. The van der Waals surface area contributed by atoms with Crippen LogP contribution < -0.4 is 0 Å². The van der Waals surface area contributed by atoms with Crippen molar-refractivity contribution in [3.8, 4) is 0 Å². The van der Waals surface area contributed by atoms with Gasteiger partial charge in [0, 0.05) is 6.42 Å². The first-order valence-electron chi connectivity index (χ1n) is 6.44. The maximum absolute atomic E-state index is 11.3. The number of ether oxygens (including phenoxy) is 2. The Labute approximate surface area is 104 Å². The quantitative estimate of drug-likeness (QED) is 0.462. The molecule has 1 unspecified atom stereocenters. The summed E-state index contributed by atoms with van der Waals surface area (Å²) >= 11 is 0. The average molecular weight is 244 g/mol. The molecule has 0 aliphatic carbocycles. The van der Waals surface area contributed by atoms with Gasteiger partial charge in [-0.2, -0.15) is 0 Å². The van der Waals surface area contributed by atoms with Gasteiger partial charge in [-0.05, 0) is 26.7 Å². The van der Waals surface area contributed by atoms with E-state index in [1.165, 1.54) is 0 Å². The summed E-state index contributed by atoms with van der Waals surface area (Å²) in [6.07, 6.45) is 4.01. The Morgan fingerprint density at radius 2 is 1.65 bits per heavy atom. The first kappa shape index (κ1) is 15.9. The van der Waals surface area contributed by atoms with Crippen molar-refractivity contribution in [3.63, 3.8) is 0 Å². The Morgan fingerprint density at radius 3 is 2.24 bits per heavy atom. The maximum Gasteiger partial charge on any atom is 0.308 e. The summed E-state index contributed by atoms with van der Waals surface area (Å²) in [7, 11) is 0. The highest BCUT2D eigenvalue weighted by Gasteiger charge is 2.13. The molecule has 0 aromatic rings. The predicted molar refractivity (Wildman–Crippen MR) is 65.5 cm³/mol. The fourth-order valence-electron chi connectivity index (χ4n) is 1.53. The molecule has 0 fully saturated rings. The Bertz CT molecular complexity index is 225. The fourth-order valence-corrected chi connectivity index (χ4v) is 1.53. The number of esters is 2. The minimum absolute atomic E-state index is 0.0439. The highest BCUT2D eigenvalue weighted by Crippen LogP contribution is 2.12. The van der Waals surface area contributed by atoms with Crippen LogP contribution in [0.3, 0.4) is 0 Å². The van der Waals surface area contributed by atoms with Crippen LogP contribution in [0.1, 0.15) is 52.9 Å². The minimum Gasteiger partial charge on any atom is -0.466 e.